The van der Waals surface area contributed by atoms with Crippen LogP contribution in [0.25, 0.3) is 22.2 Å². The average molecular weight is 395 g/mol. The zero-order valence-electron chi connectivity index (χ0n) is 16.6. The molecule has 1 fully saturated rings. The zero-order valence-corrected chi connectivity index (χ0v) is 16.6. The Hall–Kier alpha value is -3.13. The molecule has 1 aromatic carbocycles. The maximum atomic E-state index is 12.2. The van der Waals surface area contributed by atoms with Crippen molar-refractivity contribution in [3.63, 3.8) is 0 Å². The molecule has 8 nitrogen and oxygen atoms in total. The predicted molar refractivity (Wildman–Crippen MR) is 111 cm³/mol. The summed E-state index contributed by atoms with van der Waals surface area (Å²) in [7, 11) is 1.64. The lowest BCUT2D eigenvalue weighted by atomic mass is 9.99. The number of benzene rings is 1. The molecule has 2 aromatic heterocycles. The molecule has 3 N–H and O–H groups in total. The van der Waals surface area contributed by atoms with E-state index in [1.807, 2.05) is 31.2 Å². The molecule has 1 aliphatic rings. The quantitative estimate of drug-likeness (QED) is 0.640. The van der Waals surface area contributed by atoms with Crippen molar-refractivity contribution in [2.45, 2.75) is 31.8 Å². The Morgan fingerprint density at radius 1 is 1.38 bits per heavy atom. The van der Waals surface area contributed by atoms with E-state index in [1.54, 1.807) is 7.11 Å². The normalized spacial score (nSPS) is 19.2. The Morgan fingerprint density at radius 3 is 3.03 bits per heavy atom. The van der Waals surface area contributed by atoms with Gasteiger partial charge in [0, 0.05) is 17.8 Å². The van der Waals surface area contributed by atoms with E-state index in [2.05, 4.69) is 26.0 Å². The van der Waals surface area contributed by atoms with Gasteiger partial charge in [-0.2, -0.15) is 0 Å². The second kappa shape index (κ2) is 8.08. The number of carbonyl (C=O) groups excluding carboxylic acids is 1. The summed E-state index contributed by atoms with van der Waals surface area (Å²) in [5, 5.41) is 4.07. The lowest BCUT2D eigenvalue weighted by Crippen LogP contribution is -2.44. The van der Waals surface area contributed by atoms with Crippen LogP contribution in [0.15, 0.2) is 36.8 Å². The third-order valence-electron chi connectivity index (χ3n) is 5.36. The maximum absolute atomic E-state index is 12.2. The topological polar surface area (TPSA) is 104 Å². The summed E-state index contributed by atoms with van der Waals surface area (Å²) in [6.07, 6.45) is 5.04. The Labute approximate surface area is 169 Å². The van der Waals surface area contributed by atoms with E-state index in [1.165, 1.54) is 6.33 Å². The summed E-state index contributed by atoms with van der Waals surface area (Å²) in [4.78, 5) is 21.0. The van der Waals surface area contributed by atoms with E-state index in [0.717, 1.165) is 40.9 Å². The zero-order chi connectivity index (χ0) is 20.4. The van der Waals surface area contributed by atoms with Gasteiger partial charge in [0.15, 0.2) is 0 Å². The van der Waals surface area contributed by atoms with Gasteiger partial charge < -0.3 is 25.1 Å². The minimum absolute atomic E-state index is 0.0989. The number of piperidine rings is 1. The molecule has 0 aliphatic carbocycles. The van der Waals surface area contributed by atoms with Crippen LogP contribution in [-0.2, 0) is 9.53 Å². The first-order valence-electron chi connectivity index (χ1n) is 9.77. The van der Waals surface area contributed by atoms with Gasteiger partial charge in [0.2, 0.25) is 0 Å². The monoisotopic (exact) mass is 395 g/mol. The number of methoxy groups -OCH3 is 1. The van der Waals surface area contributed by atoms with E-state index in [0.29, 0.717) is 18.8 Å². The Balaban J connectivity index is 1.78. The molecule has 29 heavy (non-hydrogen) atoms. The first-order chi connectivity index (χ1) is 14.1. The first kappa shape index (κ1) is 19.2. The highest BCUT2D eigenvalue weighted by Crippen LogP contribution is 2.37. The number of hydrogen-bond donors (Lipinski definition) is 2. The van der Waals surface area contributed by atoms with E-state index < -0.39 is 0 Å². The molecule has 0 spiro atoms. The summed E-state index contributed by atoms with van der Waals surface area (Å²) >= 11 is 0. The molecule has 3 aromatic rings. The number of rotatable bonds is 5. The van der Waals surface area contributed by atoms with Gasteiger partial charge in [0.25, 0.3) is 0 Å². The third kappa shape index (κ3) is 3.63. The largest absolute Gasteiger partial charge is 0.497 e. The predicted octanol–water partition coefficient (Wildman–Crippen LogP) is 2.55. The number of nitrogens with zero attached hydrogens (tertiary/aromatic N) is 3. The minimum Gasteiger partial charge on any atom is -0.497 e. The van der Waals surface area contributed by atoms with Crippen molar-refractivity contribution < 1.29 is 14.3 Å². The standard InChI is InChI=1S/C21H25N5O3/c1-3-29-21(27)17-10-14(7-8-23-17)26-11-16(13-5-4-6-15(9-13)28-2)18-19(22)24-12-25-20(18)26/h4-6,9,11-12,14,17,23H,3,7-8,10H2,1-2H3,(H2,22,24,25). The van der Waals surface area contributed by atoms with Crippen molar-refractivity contribution in [3.05, 3.63) is 36.8 Å². The second-order valence-electron chi connectivity index (χ2n) is 7.08. The van der Waals surface area contributed by atoms with Crippen LogP contribution in [0.1, 0.15) is 25.8 Å². The van der Waals surface area contributed by atoms with Crippen LogP contribution in [0.4, 0.5) is 5.82 Å². The number of carbonyl (C=O) groups is 1. The fourth-order valence-corrected chi connectivity index (χ4v) is 3.97. The van der Waals surface area contributed by atoms with Crippen LogP contribution in [0.3, 0.4) is 0 Å². The average Bonchev–Trinajstić information content (AvgIpc) is 3.15. The van der Waals surface area contributed by atoms with Crippen LogP contribution in [0.2, 0.25) is 0 Å². The van der Waals surface area contributed by atoms with Crippen molar-refractivity contribution in [1.29, 1.82) is 0 Å². The molecule has 3 heterocycles. The van der Waals surface area contributed by atoms with Gasteiger partial charge in [-0.25, -0.2) is 9.97 Å². The maximum Gasteiger partial charge on any atom is 0.323 e. The number of fused-ring (bicyclic) bond motifs is 1. The Morgan fingerprint density at radius 2 is 2.24 bits per heavy atom. The Kier molecular flexibility index (Phi) is 5.35. The van der Waals surface area contributed by atoms with Crippen LogP contribution in [0, 0.1) is 0 Å². The van der Waals surface area contributed by atoms with E-state index in [4.69, 9.17) is 15.2 Å². The number of hydrogen-bond acceptors (Lipinski definition) is 7. The minimum atomic E-state index is -0.328. The number of ether oxygens (including phenoxy) is 2. The third-order valence-corrected chi connectivity index (χ3v) is 5.36. The molecule has 4 rings (SSSR count). The molecule has 2 unspecified atom stereocenters. The van der Waals surface area contributed by atoms with Crippen LogP contribution in [-0.4, -0.2) is 46.8 Å². The summed E-state index contributed by atoms with van der Waals surface area (Å²) < 4.78 is 12.7. The summed E-state index contributed by atoms with van der Waals surface area (Å²) in [5.74, 6) is 0.987. The van der Waals surface area contributed by atoms with Crippen LogP contribution in [0.5, 0.6) is 5.75 Å². The highest BCUT2D eigenvalue weighted by atomic mass is 16.5. The van der Waals surface area contributed by atoms with E-state index in [-0.39, 0.29) is 18.1 Å². The van der Waals surface area contributed by atoms with Crippen molar-refractivity contribution in [1.82, 2.24) is 19.9 Å². The molecule has 0 radical (unpaired) electrons. The second-order valence-corrected chi connectivity index (χ2v) is 7.08. The highest BCUT2D eigenvalue weighted by Gasteiger charge is 2.30. The summed E-state index contributed by atoms with van der Waals surface area (Å²) in [6, 6.07) is 7.60. The molecule has 8 heteroatoms. The molecule has 1 aliphatic heterocycles. The van der Waals surface area contributed by atoms with Crippen molar-refractivity contribution in [3.8, 4) is 16.9 Å². The van der Waals surface area contributed by atoms with Crippen LogP contribution >= 0.6 is 0 Å². The molecule has 152 valence electrons. The van der Waals surface area contributed by atoms with Crippen molar-refractivity contribution >= 4 is 22.8 Å². The highest BCUT2D eigenvalue weighted by molar-refractivity contribution is 6.00. The van der Waals surface area contributed by atoms with Gasteiger partial charge in [-0.1, -0.05) is 12.1 Å². The SMILES string of the molecule is CCOC(=O)C1CC(n2cc(-c3cccc(OC)c3)c3c(N)ncnc32)CCN1. The number of esters is 1. The van der Waals surface area contributed by atoms with Gasteiger partial charge in [-0.15, -0.1) is 0 Å². The van der Waals surface area contributed by atoms with Gasteiger partial charge in [0.05, 0.1) is 19.1 Å². The van der Waals surface area contributed by atoms with Gasteiger partial charge >= 0.3 is 5.97 Å². The molecular formula is C21H25N5O3. The molecule has 0 saturated carbocycles. The van der Waals surface area contributed by atoms with Gasteiger partial charge in [-0.3, -0.25) is 4.79 Å². The summed E-state index contributed by atoms with van der Waals surface area (Å²) in [6.45, 7) is 2.92. The smallest absolute Gasteiger partial charge is 0.323 e. The number of nitrogens with two attached hydrogens (primary N) is 1. The number of nitrogens with one attached hydrogen (secondary N) is 1. The fraction of sp³-hybridized carbons (Fsp3) is 0.381. The molecule has 0 amide bonds. The molecular weight excluding hydrogens is 370 g/mol. The van der Waals surface area contributed by atoms with Gasteiger partial charge in [-0.05, 0) is 44.0 Å². The number of aromatic nitrogens is 3. The Bertz CT molecular complexity index is 1030. The molecule has 1 saturated heterocycles. The lowest BCUT2D eigenvalue weighted by molar-refractivity contribution is -0.146. The summed E-state index contributed by atoms with van der Waals surface area (Å²) in [5.41, 5.74) is 8.93. The first-order valence-corrected chi connectivity index (χ1v) is 9.77. The molecule has 0 bridgehead atoms. The van der Waals surface area contributed by atoms with Crippen molar-refractivity contribution in [2.75, 3.05) is 26.0 Å². The van der Waals surface area contributed by atoms with Crippen molar-refractivity contribution in [2.24, 2.45) is 0 Å². The lowest BCUT2D eigenvalue weighted by Gasteiger charge is -2.30. The fourth-order valence-electron chi connectivity index (χ4n) is 3.97. The number of nitrogen functional groups attached to an aromatic ring is 1. The van der Waals surface area contributed by atoms with Gasteiger partial charge in [0.1, 0.15) is 29.6 Å². The molecule has 2 atom stereocenters. The van der Waals surface area contributed by atoms with Crippen LogP contribution < -0.4 is 15.8 Å². The van der Waals surface area contributed by atoms with E-state index >= 15 is 0 Å². The van der Waals surface area contributed by atoms with E-state index in [9.17, 15) is 4.79 Å². The number of anilines is 1.